The molecule has 1 N–H and O–H groups in total. The SMILES string of the molecule is Cl.OC(CO[C@H]1CN2CCC1CC2)(c1ccccc1)C1CCCC1. The first-order chi connectivity index (χ1) is 11.3. The second kappa shape index (κ2) is 7.74. The Morgan fingerprint density at radius 2 is 1.71 bits per heavy atom. The molecule has 0 aromatic heterocycles. The van der Waals surface area contributed by atoms with E-state index >= 15 is 0 Å². The lowest BCUT2D eigenvalue weighted by Gasteiger charge is -2.46. The van der Waals surface area contributed by atoms with Crippen LogP contribution in [0.15, 0.2) is 30.3 Å². The molecule has 3 heterocycles. The van der Waals surface area contributed by atoms with Crippen molar-refractivity contribution in [1.29, 1.82) is 0 Å². The van der Waals surface area contributed by atoms with E-state index in [9.17, 15) is 5.11 Å². The molecule has 134 valence electrons. The molecule has 0 radical (unpaired) electrons. The molecule has 0 spiro atoms. The van der Waals surface area contributed by atoms with Gasteiger partial charge in [0, 0.05) is 6.54 Å². The van der Waals surface area contributed by atoms with Gasteiger partial charge in [0.15, 0.2) is 0 Å². The Kier molecular flexibility index (Phi) is 5.86. The van der Waals surface area contributed by atoms with Crippen LogP contribution in [0.4, 0.5) is 0 Å². The molecule has 3 aliphatic heterocycles. The van der Waals surface area contributed by atoms with E-state index in [4.69, 9.17) is 4.74 Å². The maximum Gasteiger partial charge on any atom is 0.116 e. The van der Waals surface area contributed by atoms with Gasteiger partial charge in [-0.1, -0.05) is 43.2 Å². The lowest BCUT2D eigenvalue weighted by Crippen LogP contribution is -2.53. The summed E-state index contributed by atoms with van der Waals surface area (Å²) in [7, 11) is 0. The van der Waals surface area contributed by atoms with Crippen LogP contribution in [0.3, 0.4) is 0 Å². The lowest BCUT2D eigenvalue weighted by molar-refractivity contribution is -0.143. The summed E-state index contributed by atoms with van der Waals surface area (Å²) in [4.78, 5) is 2.52. The molecule has 4 aliphatic rings. The van der Waals surface area contributed by atoms with Gasteiger partial charge in [0.2, 0.25) is 0 Å². The highest BCUT2D eigenvalue weighted by Gasteiger charge is 2.42. The van der Waals surface area contributed by atoms with E-state index < -0.39 is 5.60 Å². The second-order valence-corrected chi connectivity index (χ2v) is 7.76. The fraction of sp³-hybridized carbons (Fsp3) is 0.700. The number of piperidine rings is 3. The third-order valence-electron chi connectivity index (χ3n) is 6.42. The van der Waals surface area contributed by atoms with Gasteiger partial charge in [0.25, 0.3) is 0 Å². The fourth-order valence-electron chi connectivity index (χ4n) is 4.90. The number of aliphatic hydroxyl groups is 1. The molecule has 3 nitrogen and oxygen atoms in total. The van der Waals surface area contributed by atoms with Gasteiger partial charge < -0.3 is 14.7 Å². The van der Waals surface area contributed by atoms with Crippen LogP contribution in [0.5, 0.6) is 0 Å². The van der Waals surface area contributed by atoms with Gasteiger partial charge in [-0.25, -0.2) is 0 Å². The minimum atomic E-state index is -0.816. The summed E-state index contributed by atoms with van der Waals surface area (Å²) in [6.07, 6.45) is 7.55. The van der Waals surface area contributed by atoms with E-state index in [1.54, 1.807) is 0 Å². The molecule has 3 saturated heterocycles. The van der Waals surface area contributed by atoms with Crippen molar-refractivity contribution in [3.05, 3.63) is 35.9 Å². The van der Waals surface area contributed by atoms with Crippen molar-refractivity contribution in [2.45, 2.75) is 50.2 Å². The normalized spacial score (nSPS) is 32.3. The number of hydrogen-bond donors (Lipinski definition) is 1. The molecule has 1 aliphatic carbocycles. The average molecular weight is 352 g/mol. The Morgan fingerprint density at radius 1 is 1.04 bits per heavy atom. The number of fused-ring (bicyclic) bond motifs is 3. The van der Waals surface area contributed by atoms with Gasteiger partial charge in [-0.2, -0.15) is 0 Å². The van der Waals surface area contributed by atoms with Crippen LogP contribution >= 0.6 is 12.4 Å². The van der Waals surface area contributed by atoms with Crippen molar-refractivity contribution >= 4 is 12.4 Å². The molecule has 1 unspecified atom stereocenters. The highest BCUT2D eigenvalue weighted by Crippen LogP contribution is 2.41. The number of benzene rings is 1. The maximum absolute atomic E-state index is 11.5. The molecule has 4 fully saturated rings. The van der Waals surface area contributed by atoms with Crippen LogP contribution in [0.25, 0.3) is 0 Å². The molecule has 4 heteroatoms. The lowest BCUT2D eigenvalue weighted by atomic mass is 9.80. The molecule has 5 rings (SSSR count). The molecular formula is C20H30ClNO2. The summed E-state index contributed by atoms with van der Waals surface area (Å²) in [6, 6.07) is 10.2. The van der Waals surface area contributed by atoms with Crippen LogP contribution in [0.2, 0.25) is 0 Å². The quantitative estimate of drug-likeness (QED) is 0.879. The van der Waals surface area contributed by atoms with Crippen LogP contribution in [-0.2, 0) is 10.3 Å². The zero-order chi connectivity index (χ0) is 15.7. The number of nitrogens with zero attached hydrogens (tertiary/aromatic N) is 1. The number of rotatable bonds is 5. The zero-order valence-electron chi connectivity index (χ0n) is 14.4. The van der Waals surface area contributed by atoms with E-state index in [2.05, 4.69) is 17.0 Å². The summed E-state index contributed by atoms with van der Waals surface area (Å²) in [5.41, 5.74) is 0.220. The highest BCUT2D eigenvalue weighted by atomic mass is 35.5. The second-order valence-electron chi connectivity index (χ2n) is 7.76. The topological polar surface area (TPSA) is 32.7 Å². The number of hydrogen-bond acceptors (Lipinski definition) is 3. The van der Waals surface area contributed by atoms with Gasteiger partial charge in [-0.05, 0) is 56.2 Å². The Hall–Kier alpha value is -0.610. The molecule has 1 aromatic rings. The summed E-state index contributed by atoms with van der Waals surface area (Å²) in [6.45, 7) is 3.98. The Balaban J connectivity index is 0.00000169. The third-order valence-corrected chi connectivity index (χ3v) is 6.42. The van der Waals surface area contributed by atoms with Crippen molar-refractivity contribution in [2.75, 3.05) is 26.2 Å². The predicted molar refractivity (Wildman–Crippen MR) is 98.4 cm³/mol. The summed E-state index contributed by atoms with van der Waals surface area (Å²) < 4.78 is 6.36. The van der Waals surface area contributed by atoms with Crippen molar-refractivity contribution < 1.29 is 9.84 Å². The minimum Gasteiger partial charge on any atom is -0.382 e. The summed E-state index contributed by atoms with van der Waals surface area (Å²) in [5.74, 6) is 1.04. The summed E-state index contributed by atoms with van der Waals surface area (Å²) >= 11 is 0. The van der Waals surface area contributed by atoms with E-state index in [0.717, 1.165) is 24.9 Å². The van der Waals surface area contributed by atoms with E-state index in [-0.39, 0.29) is 12.4 Å². The molecule has 0 amide bonds. The molecule has 1 aromatic carbocycles. The van der Waals surface area contributed by atoms with Crippen molar-refractivity contribution in [3.63, 3.8) is 0 Å². The first kappa shape index (κ1) is 18.2. The maximum atomic E-state index is 11.5. The van der Waals surface area contributed by atoms with Crippen LogP contribution in [0, 0.1) is 11.8 Å². The molecule has 24 heavy (non-hydrogen) atoms. The highest BCUT2D eigenvalue weighted by molar-refractivity contribution is 5.85. The Morgan fingerprint density at radius 3 is 2.29 bits per heavy atom. The van der Waals surface area contributed by atoms with E-state index in [1.807, 2.05) is 18.2 Å². The number of halogens is 1. The number of ether oxygens (including phenoxy) is 1. The van der Waals surface area contributed by atoms with Crippen molar-refractivity contribution in [2.24, 2.45) is 11.8 Å². The Labute approximate surface area is 151 Å². The molecular weight excluding hydrogens is 322 g/mol. The van der Waals surface area contributed by atoms with Crippen molar-refractivity contribution in [3.8, 4) is 0 Å². The van der Waals surface area contributed by atoms with Gasteiger partial charge in [-0.3, -0.25) is 0 Å². The monoisotopic (exact) mass is 351 g/mol. The van der Waals surface area contributed by atoms with Crippen LogP contribution in [0.1, 0.15) is 44.1 Å². The van der Waals surface area contributed by atoms with Gasteiger partial charge >= 0.3 is 0 Å². The predicted octanol–water partition coefficient (Wildman–Crippen LogP) is 3.60. The smallest absolute Gasteiger partial charge is 0.116 e. The zero-order valence-corrected chi connectivity index (χ0v) is 15.2. The fourth-order valence-corrected chi connectivity index (χ4v) is 4.90. The van der Waals surface area contributed by atoms with E-state index in [1.165, 1.54) is 38.8 Å². The van der Waals surface area contributed by atoms with E-state index in [0.29, 0.717) is 24.5 Å². The standard InChI is InChI=1S/C20H29NO2.ClH/c22-20(18-8-4-5-9-18,17-6-2-1-3-7-17)15-23-19-14-21-12-10-16(19)11-13-21;/h1-3,6-7,16,18-19,22H,4-5,8-15H2;1H/t19-,20?;/m0./s1. The molecule has 2 atom stereocenters. The minimum absolute atomic E-state index is 0. The van der Waals surface area contributed by atoms with Crippen LogP contribution in [-0.4, -0.2) is 42.4 Å². The molecule has 1 saturated carbocycles. The summed E-state index contributed by atoms with van der Waals surface area (Å²) in [5, 5.41) is 11.5. The van der Waals surface area contributed by atoms with Gasteiger partial charge in [0.05, 0.1) is 12.7 Å². The third kappa shape index (κ3) is 3.50. The first-order valence-corrected chi connectivity index (χ1v) is 9.37. The largest absolute Gasteiger partial charge is 0.382 e. The first-order valence-electron chi connectivity index (χ1n) is 9.37. The average Bonchev–Trinajstić information content (AvgIpc) is 3.17. The molecule has 2 bridgehead atoms. The van der Waals surface area contributed by atoms with Gasteiger partial charge in [0.1, 0.15) is 5.60 Å². The van der Waals surface area contributed by atoms with Gasteiger partial charge in [-0.15, -0.1) is 12.4 Å². The van der Waals surface area contributed by atoms with Crippen LogP contribution < -0.4 is 0 Å². The van der Waals surface area contributed by atoms with Crippen molar-refractivity contribution in [1.82, 2.24) is 4.90 Å². The Bertz CT molecular complexity index is 512.